The summed E-state index contributed by atoms with van der Waals surface area (Å²) in [5, 5.41) is 0. The van der Waals surface area contributed by atoms with Crippen LogP contribution in [0.3, 0.4) is 0 Å². The summed E-state index contributed by atoms with van der Waals surface area (Å²) in [6.07, 6.45) is 7.28. The van der Waals surface area contributed by atoms with Gasteiger partial charge in [-0.15, -0.1) is 0 Å². The highest BCUT2D eigenvalue weighted by atomic mass is 16.7. The zero-order valence-electron chi connectivity index (χ0n) is 12.0. The molecule has 2 rings (SSSR count). The maximum absolute atomic E-state index is 5.77. The minimum atomic E-state index is -0.173. The molecule has 0 unspecified atom stereocenters. The fraction of sp³-hybridized carbons (Fsp3) is 0.867. The summed E-state index contributed by atoms with van der Waals surface area (Å²) in [5.74, 6) is 0.577. The van der Waals surface area contributed by atoms with E-state index in [4.69, 9.17) is 18.9 Å². The van der Waals surface area contributed by atoms with Gasteiger partial charge in [-0.05, 0) is 19.8 Å². The van der Waals surface area contributed by atoms with Crippen LogP contribution in [0.25, 0.3) is 0 Å². The predicted molar refractivity (Wildman–Crippen MR) is 72.7 cm³/mol. The minimum Gasteiger partial charge on any atom is -0.352 e. The molecule has 0 N–H and O–H groups in total. The number of unbranched alkanes of at least 4 members (excludes halogenated alkanes) is 1. The van der Waals surface area contributed by atoms with Gasteiger partial charge in [0.15, 0.2) is 12.6 Å². The molecule has 2 aliphatic heterocycles. The van der Waals surface area contributed by atoms with Crippen molar-refractivity contribution in [2.24, 2.45) is 11.8 Å². The smallest absolute Gasteiger partial charge is 0.164 e. The molecule has 4 nitrogen and oxygen atoms in total. The molecule has 0 bridgehead atoms. The molecule has 0 atom stereocenters. The zero-order chi connectivity index (χ0) is 13.5. The van der Waals surface area contributed by atoms with E-state index in [-0.39, 0.29) is 18.5 Å². The lowest BCUT2D eigenvalue weighted by atomic mass is 10.1. The van der Waals surface area contributed by atoms with E-state index in [1.165, 1.54) is 6.42 Å². The van der Waals surface area contributed by atoms with Crippen molar-refractivity contribution in [2.75, 3.05) is 26.4 Å². The summed E-state index contributed by atoms with van der Waals surface area (Å²) < 4.78 is 23.0. The van der Waals surface area contributed by atoms with E-state index in [2.05, 4.69) is 13.0 Å². The second-order valence-corrected chi connectivity index (χ2v) is 5.32. The third-order valence-corrected chi connectivity index (χ3v) is 3.58. The van der Waals surface area contributed by atoms with Crippen molar-refractivity contribution < 1.29 is 18.9 Å². The Morgan fingerprint density at radius 3 is 2.26 bits per heavy atom. The fourth-order valence-electron chi connectivity index (χ4n) is 2.44. The van der Waals surface area contributed by atoms with Crippen molar-refractivity contribution in [1.29, 1.82) is 0 Å². The average molecular weight is 270 g/mol. The van der Waals surface area contributed by atoms with Crippen molar-refractivity contribution in [3.05, 3.63) is 12.2 Å². The highest BCUT2D eigenvalue weighted by molar-refractivity contribution is 4.87. The lowest BCUT2D eigenvalue weighted by molar-refractivity contribution is -0.278. The molecule has 2 aliphatic rings. The number of allylic oxidation sites excluding steroid dienone is 1. The second kappa shape index (κ2) is 8.00. The lowest BCUT2D eigenvalue weighted by Crippen LogP contribution is -2.44. The van der Waals surface area contributed by atoms with Gasteiger partial charge in [-0.2, -0.15) is 0 Å². The van der Waals surface area contributed by atoms with Gasteiger partial charge in [0.1, 0.15) is 0 Å². The van der Waals surface area contributed by atoms with Crippen LogP contribution in [0.2, 0.25) is 0 Å². The van der Waals surface area contributed by atoms with Crippen LogP contribution in [0.15, 0.2) is 12.2 Å². The lowest BCUT2D eigenvalue weighted by Gasteiger charge is -2.37. The van der Waals surface area contributed by atoms with E-state index in [1.807, 2.05) is 13.0 Å². The number of hydrogen-bond acceptors (Lipinski definition) is 4. The molecule has 0 radical (unpaired) electrons. The Morgan fingerprint density at radius 1 is 1.00 bits per heavy atom. The van der Waals surface area contributed by atoms with Gasteiger partial charge in [-0.1, -0.05) is 25.5 Å². The molecule has 19 heavy (non-hydrogen) atoms. The van der Waals surface area contributed by atoms with Crippen LogP contribution in [0.5, 0.6) is 0 Å². The van der Waals surface area contributed by atoms with Gasteiger partial charge >= 0.3 is 0 Å². The van der Waals surface area contributed by atoms with Crippen LogP contribution in [0.1, 0.15) is 33.1 Å². The average Bonchev–Trinajstić information content (AvgIpc) is 2.47. The summed E-state index contributed by atoms with van der Waals surface area (Å²) in [4.78, 5) is 0. The van der Waals surface area contributed by atoms with Gasteiger partial charge in [-0.3, -0.25) is 0 Å². The van der Waals surface area contributed by atoms with Crippen LogP contribution in [0, 0.1) is 11.8 Å². The van der Waals surface area contributed by atoms with Crippen molar-refractivity contribution in [3.63, 3.8) is 0 Å². The van der Waals surface area contributed by atoms with Crippen molar-refractivity contribution in [1.82, 2.24) is 0 Å². The Bertz CT molecular complexity index is 263. The summed E-state index contributed by atoms with van der Waals surface area (Å²) in [7, 11) is 0. The number of rotatable bonds is 5. The van der Waals surface area contributed by atoms with Gasteiger partial charge in [0.2, 0.25) is 0 Å². The van der Waals surface area contributed by atoms with Gasteiger partial charge in [-0.25, -0.2) is 0 Å². The van der Waals surface area contributed by atoms with E-state index in [0.717, 1.165) is 26.1 Å². The molecular formula is C15H26O4. The molecular weight excluding hydrogens is 244 g/mol. The largest absolute Gasteiger partial charge is 0.352 e. The molecule has 2 heterocycles. The predicted octanol–water partition coefficient (Wildman–Crippen LogP) is 2.73. The summed E-state index contributed by atoms with van der Waals surface area (Å²) in [5.41, 5.74) is 0. The first kappa shape index (κ1) is 15.0. The first-order valence-electron chi connectivity index (χ1n) is 7.42. The van der Waals surface area contributed by atoms with Crippen molar-refractivity contribution in [2.45, 2.75) is 45.7 Å². The molecule has 0 aromatic carbocycles. The van der Waals surface area contributed by atoms with E-state index >= 15 is 0 Å². The summed E-state index contributed by atoms with van der Waals surface area (Å²) >= 11 is 0. The topological polar surface area (TPSA) is 36.9 Å². The van der Waals surface area contributed by atoms with Crippen LogP contribution in [0.4, 0.5) is 0 Å². The van der Waals surface area contributed by atoms with Gasteiger partial charge in [0, 0.05) is 5.92 Å². The third-order valence-electron chi connectivity index (χ3n) is 3.58. The van der Waals surface area contributed by atoms with Crippen LogP contribution in [-0.4, -0.2) is 39.0 Å². The van der Waals surface area contributed by atoms with Gasteiger partial charge < -0.3 is 18.9 Å². The molecule has 0 saturated carbocycles. The van der Waals surface area contributed by atoms with Crippen LogP contribution >= 0.6 is 0 Å². The minimum absolute atomic E-state index is 0.0319. The molecule has 0 spiro atoms. The molecule has 2 saturated heterocycles. The SMILES string of the molecule is C/C=C\C1COC(C2COC(CCCC)OC2)OC1. The van der Waals surface area contributed by atoms with E-state index in [1.54, 1.807) is 0 Å². The second-order valence-electron chi connectivity index (χ2n) is 5.32. The number of ether oxygens (including phenoxy) is 4. The Hall–Kier alpha value is -0.420. The molecule has 2 fully saturated rings. The van der Waals surface area contributed by atoms with E-state index in [0.29, 0.717) is 19.1 Å². The highest BCUT2D eigenvalue weighted by Gasteiger charge is 2.32. The molecule has 110 valence electrons. The van der Waals surface area contributed by atoms with Gasteiger partial charge in [0.05, 0.1) is 32.3 Å². The molecule has 0 amide bonds. The first-order chi connectivity index (χ1) is 9.33. The highest BCUT2D eigenvalue weighted by Crippen LogP contribution is 2.24. The Morgan fingerprint density at radius 2 is 1.68 bits per heavy atom. The molecule has 0 aliphatic carbocycles. The molecule has 0 aromatic heterocycles. The fourth-order valence-corrected chi connectivity index (χ4v) is 2.44. The van der Waals surface area contributed by atoms with Crippen LogP contribution in [-0.2, 0) is 18.9 Å². The maximum atomic E-state index is 5.77. The maximum Gasteiger partial charge on any atom is 0.164 e. The molecule has 0 aromatic rings. The third kappa shape index (κ3) is 4.56. The summed E-state index contributed by atoms with van der Waals surface area (Å²) in [6, 6.07) is 0. The monoisotopic (exact) mass is 270 g/mol. The normalized spacial score (nSPS) is 36.7. The standard InChI is InChI=1S/C15H26O4/c1-3-5-7-14-16-10-13(11-17-14)15-18-8-12(6-4-2)9-19-15/h4,6,12-15H,3,5,7-11H2,1-2H3/b6-4-. The summed E-state index contributed by atoms with van der Waals surface area (Å²) in [6.45, 7) is 7.00. The Labute approximate surface area is 116 Å². The van der Waals surface area contributed by atoms with E-state index in [9.17, 15) is 0 Å². The molecule has 4 heteroatoms. The van der Waals surface area contributed by atoms with Gasteiger partial charge in [0.25, 0.3) is 0 Å². The Balaban J connectivity index is 1.68. The van der Waals surface area contributed by atoms with Crippen molar-refractivity contribution >= 4 is 0 Å². The first-order valence-corrected chi connectivity index (χ1v) is 7.42. The number of hydrogen-bond donors (Lipinski definition) is 0. The quantitative estimate of drug-likeness (QED) is 0.720. The van der Waals surface area contributed by atoms with Crippen LogP contribution < -0.4 is 0 Å². The van der Waals surface area contributed by atoms with E-state index < -0.39 is 0 Å². The Kier molecular flexibility index (Phi) is 6.31. The van der Waals surface area contributed by atoms with Crippen molar-refractivity contribution in [3.8, 4) is 0 Å². The zero-order valence-corrected chi connectivity index (χ0v) is 12.0.